The van der Waals surface area contributed by atoms with E-state index in [0.29, 0.717) is 11.0 Å². The monoisotopic (exact) mass is 301 g/mol. The van der Waals surface area contributed by atoms with Crippen molar-refractivity contribution in [1.29, 1.82) is 0 Å². The average Bonchev–Trinajstić information content (AvgIpc) is 2.25. The van der Waals surface area contributed by atoms with Crippen molar-refractivity contribution < 1.29 is 0 Å². The van der Waals surface area contributed by atoms with Gasteiger partial charge in [-0.05, 0) is 43.1 Å². The van der Waals surface area contributed by atoms with Crippen molar-refractivity contribution in [1.82, 2.24) is 9.78 Å². The molecule has 0 radical (unpaired) electrons. The van der Waals surface area contributed by atoms with E-state index < -0.39 is 0 Å². The molecule has 1 N–H and O–H groups in total. The Balaban J connectivity index is 3.01. The number of anilines is 1. The van der Waals surface area contributed by atoms with Gasteiger partial charge in [0, 0.05) is 12.1 Å². The van der Waals surface area contributed by atoms with E-state index in [1.165, 1.54) is 4.68 Å². The van der Waals surface area contributed by atoms with Crippen LogP contribution in [0.5, 0.6) is 0 Å². The Morgan fingerprint density at radius 1 is 1.47 bits per heavy atom. The van der Waals surface area contributed by atoms with E-state index in [-0.39, 0.29) is 11.1 Å². The molecule has 0 atom stereocenters. The van der Waals surface area contributed by atoms with Gasteiger partial charge in [-0.25, -0.2) is 4.68 Å². The average molecular weight is 302 g/mol. The summed E-state index contributed by atoms with van der Waals surface area (Å²) in [5.74, 6) is 0. The standard InChI is InChI=1S/C12H20BrN3O/c1-5-7-12(3,4)15-9-8-14-16(6-2)11(17)10(9)13/h8,15H,5-7H2,1-4H3. The fourth-order valence-electron chi connectivity index (χ4n) is 1.83. The maximum absolute atomic E-state index is 11.9. The van der Waals surface area contributed by atoms with Crippen molar-refractivity contribution in [3.63, 3.8) is 0 Å². The molecule has 4 nitrogen and oxygen atoms in total. The van der Waals surface area contributed by atoms with Gasteiger partial charge in [0.2, 0.25) is 0 Å². The Bertz CT molecular complexity index is 440. The zero-order valence-electron chi connectivity index (χ0n) is 10.9. The molecule has 0 saturated carbocycles. The molecule has 17 heavy (non-hydrogen) atoms. The van der Waals surface area contributed by atoms with Crippen molar-refractivity contribution in [2.45, 2.75) is 52.6 Å². The van der Waals surface area contributed by atoms with Crippen LogP contribution in [-0.4, -0.2) is 15.3 Å². The Morgan fingerprint density at radius 2 is 2.12 bits per heavy atom. The molecule has 0 saturated heterocycles. The molecule has 1 aromatic rings. The predicted molar refractivity (Wildman–Crippen MR) is 74.5 cm³/mol. The van der Waals surface area contributed by atoms with Crippen LogP contribution in [0.4, 0.5) is 5.69 Å². The topological polar surface area (TPSA) is 46.9 Å². The SMILES string of the molecule is CCCC(C)(C)Nc1cnn(CC)c(=O)c1Br. The minimum atomic E-state index is -0.0928. The normalized spacial score (nSPS) is 11.6. The summed E-state index contributed by atoms with van der Waals surface area (Å²) in [6.07, 6.45) is 3.83. The lowest BCUT2D eigenvalue weighted by Gasteiger charge is -2.27. The van der Waals surface area contributed by atoms with Gasteiger partial charge in [0.25, 0.3) is 5.56 Å². The number of hydrogen-bond acceptors (Lipinski definition) is 3. The molecule has 0 aliphatic carbocycles. The van der Waals surface area contributed by atoms with Crippen LogP contribution in [0.2, 0.25) is 0 Å². The second-order valence-corrected chi connectivity index (χ2v) is 5.55. The summed E-state index contributed by atoms with van der Waals surface area (Å²) >= 11 is 3.34. The molecular formula is C12H20BrN3O. The van der Waals surface area contributed by atoms with E-state index in [2.05, 4.69) is 47.1 Å². The second-order valence-electron chi connectivity index (χ2n) is 4.75. The van der Waals surface area contributed by atoms with Gasteiger partial charge in [-0.3, -0.25) is 4.79 Å². The first-order valence-corrected chi connectivity index (χ1v) is 6.74. The van der Waals surface area contributed by atoms with Gasteiger partial charge in [-0.15, -0.1) is 0 Å². The molecule has 0 fully saturated rings. The maximum atomic E-state index is 11.9. The maximum Gasteiger partial charge on any atom is 0.283 e. The number of halogens is 1. The van der Waals surface area contributed by atoms with Crippen LogP contribution in [0.25, 0.3) is 0 Å². The number of hydrogen-bond donors (Lipinski definition) is 1. The van der Waals surface area contributed by atoms with E-state index in [9.17, 15) is 4.79 Å². The van der Waals surface area contributed by atoms with E-state index in [0.717, 1.165) is 18.5 Å². The lowest BCUT2D eigenvalue weighted by molar-refractivity contribution is 0.508. The van der Waals surface area contributed by atoms with Gasteiger partial charge in [0.1, 0.15) is 4.47 Å². The van der Waals surface area contributed by atoms with Crippen LogP contribution in [0, 0.1) is 0 Å². The summed E-state index contributed by atoms with van der Waals surface area (Å²) in [4.78, 5) is 11.9. The van der Waals surface area contributed by atoms with Gasteiger partial charge >= 0.3 is 0 Å². The smallest absolute Gasteiger partial charge is 0.283 e. The molecule has 0 aliphatic rings. The molecule has 1 heterocycles. The summed E-state index contributed by atoms with van der Waals surface area (Å²) < 4.78 is 1.99. The molecule has 0 bridgehead atoms. The molecule has 0 aromatic carbocycles. The van der Waals surface area contributed by atoms with Crippen molar-refractivity contribution in [2.75, 3.05) is 5.32 Å². The highest BCUT2D eigenvalue weighted by Crippen LogP contribution is 2.23. The fraction of sp³-hybridized carbons (Fsp3) is 0.667. The van der Waals surface area contributed by atoms with Crippen LogP contribution in [0.15, 0.2) is 15.5 Å². The first-order chi connectivity index (χ1) is 7.91. The molecule has 96 valence electrons. The fourth-order valence-corrected chi connectivity index (χ4v) is 2.24. The molecule has 5 heteroatoms. The summed E-state index contributed by atoms with van der Waals surface area (Å²) in [5.41, 5.74) is 0.631. The number of nitrogens with one attached hydrogen (secondary N) is 1. The molecule has 0 spiro atoms. The molecule has 1 aromatic heterocycles. The highest BCUT2D eigenvalue weighted by Gasteiger charge is 2.18. The van der Waals surface area contributed by atoms with Crippen LogP contribution >= 0.6 is 15.9 Å². The summed E-state index contributed by atoms with van der Waals surface area (Å²) in [6.45, 7) is 8.86. The third kappa shape index (κ3) is 3.56. The van der Waals surface area contributed by atoms with Gasteiger partial charge in [0.15, 0.2) is 0 Å². The van der Waals surface area contributed by atoms with Gasteiger partial charge in [-0.2, -0.15) is 5.10 Å². The Morgan fingerprint density at radius 3 is 2.65 bits per heavy atom. The summed E-state index contributed by atoms with van der Waals surface area (Å²) in [7, 11) is 0. The van der Waals surface area contributed by atoms with Gasteiger partial charge in [-0.1, -0.05) is 13.3 Å². The quantitative estimate of drug-likeness (QED) is 0.909. The zero-order valence-corrected chi connectivity index (χ0v) is 12.5. The number of nitrogens with zero attached hydrogens (tertiary/aromatic N) is 2. The summed E-state index contributed by atoms with van der Waals surface area (Å²) in [6, 6.07) is 0. The van der Waals surface area contributed by atoms with E-state index in [4.69, 9.17) is 0 Å². The minimum absolute atomic E-state index is 0.0379. The Labute approximate surface area is 111 Å². The molecule has 0 aliphatic heterocycles. The van der Waals surface area contributed by atoms with Crippen LogP contribution in [-0.2, 0) is 6.54 Å². The Hall–Kier alpha value is -0.840. The number of rotatable bonds is 5. The molecular weight excluding hydrogens is 282 g/mol. The lowest BCUT2D eigenvalue weighted by atomic mass is 9.99. The zero-order chi connectivity index (χ0) is 13.1. The number of aryl methyl sites for hydroxylation is 1. The lowest BCUT2D eigenvalue weighted by Crippen LogP contribution is -2.32. The van der Waals surface area contributed by atoms with Crippen LogP contribution in [0.3, 0.4) is 0 Å². The Kier molecular flexibility index (Phi) is 4.74. The minimum Gasteiger partial charge on any atom is -0.378 e. The van der Waals surface area contributed by atoms with Crippen LogP contribution < -0.4 is 10.9 Å². The number of aromatic nitrogens is 2. The highest BCUT2D eigenvalue weighted by molar-refractivity contribution is 9.10. The predicted octanol–water partition coefficient (Wildman–Crippen LogP) is 3.02. The van der Waals surface area contributed by atoms with Crippen molar-refractivity contribution >= 4 is 21.6 Å². The van der Waals surface area contributed by atoms with E-state index in [1.807, 2.05) is 6.92 Å². The van der Waals surface area contributed by atoms with Gasteiger partial charge < -0.3 is 5.32 Å². The van der Waals surface area contributed by atoms with Crippen molar-refractivity contribution in [3.8, 4) is 0 Å². The highest BCUT2D eigenvalue weighted by atomic mass is 79.9. The molecule has 0 amide bonds. The summed E-state index contributed by atoms with van der Waals surface area (Å²) in [5, 5.41) is 7.47. The van der Waals surface area contributed by atoms with Crippen molar-refractivity contribution in [3.05, 3.63) is 21.0 Å². The third-order valence-electron chi connectivity index (χ3n) is 2.63. The van der Waals surface area contributed by atoms with Crippen LogP contribution in [0.1, 0.15) is 40.5 Å². The second kappa shape index (κ2) is 5.67. The first kappa shape index (κ1) is 14.2. The first-order valence-electron chi connectivity index (χ1n) is 5.95. The van der Waals surface area contributed by atoms with E-state index in [1.54, 1.807) is 6.20 Å². The van der Waals surface area contributed by atoms with E-state index >= 15 is 0 Å². The molecule has 1 rings (SSSR count). The van der Waals surface area contributed by atoms with Gasteiger partial charge in [0.05, 0.1) is 11.9 Å². The molecule has 0 unspecified atom stereocenters. The third-order valence-corrected chi connectivity index (χ3v) is 3.40. The largest absolute Gasteiger partial charge is 0.378 e. The van der Waals surface area contributed by atoms with Crippen molar-refractivity contribution in [2.24, 2.45) is 0 Å².